The van der Waals surface area contributed by atoms with Gasteiger partial charge in [-0.25, -0.2) is 0 Å². The van der Waals surface area contributed by atoms with Crippen molar-refractivity contribution in [2.75, 3.05) is 24.6 Å². The third kappa shape index (κ3) is 3.79. The first-order valence-corrected chi connectivity index (χ1v) is 8.57. The van der Waals surface area contributed by atoms with Gasteiger partial charge in [0, 0.05) is 19.2 Å². The van der Waals surface area contributed by atoms with Crippen molar-refractivity contribution in [3.63, 3.8) is 0 Å². The fraction of sp³-hybridized carbons (Fsp3) is 0.571. The van der Waals surface area contributed by atoms with Gasteiger partial charge in [-0.2, -0.15) is 12.7 Å². The second kappa shape index (κ2) is 6.53. The Morgan fingerprint density at radius 2 is 1.95 bits per heavy atom. The van der Waals surface area contributed by atoms with Crippen LogP contribution in [0.25, 0.3) is 0 Å². The van der Waals surface area contributed by atoms with E-state index >= 15 is 0 Å². The molecule has 118 valence electrons. The normalized spacial score (nSPS) is 16.9. The average Bonchev–Trinajstić information content (AvgIpc) is 2.49. The lowest BCUT2D eigenvalue weighted by atomic mass is 9.96. The predicted molar refractivity (Wildman–Crippen MR) is 84.6 cm³/mol. The van der Waals surface area contributed by atoms with Crippen molar-refractivity contribution in [3.8, 4) is 5.75 Å². The number of benzene rings is 1. The highest BCUT2D eigenvalue weighted by Gasteiger charge is 2.27. The Kier molecular flexibility index (Phi) is 4.95. The smallest absolute Gasteiger partial charge is 0.301 e. The molecule has 0 bridgehead atoms. The first kappa shape index (κ1) is 15.9. The van der Waals surface area contributed by atoms with E-state index in [0.29, 0.717) is 17.1 Å². The predicted octanol–water partition coefficient (Wildman–Crippen LogP) is 2.20. The highest BCUT2D eigenvalue weighted by atomic mass is 32.2. The maximum absolute atomic E-state index is 12.4. The number of ether oxygens (including phenoxy) is 1. The highest BCUT2D eigenvalue weighted by molar-refractivity contribution is 7.90. The molecule has 0 heterocycles. The quantitative estimate of drug-likeness (QED) is 0.816. The summed E-state index contributed by atoms with van der Waals surface area (Å²) < 4.78 is 34.0. The number of nitrogen functional groups attached to an aromatic ring is 1. The number of rotatable bonds is 5. The maximum Gasteiger partial charge on any atom is 0.301 e. The van der Waals surface area contributed by atoms with Crippen LogP contribution in [0.2, 0.25) is 0 Å². The van der Waals surface area contributed by atoms with Crippen LogP contribution in [-0.2, 0) is 10.2 Å². The summed E-state index contributed by atoms with van der Waals surface area (Å²) in [5, 5.41) is 0. The highest BCUT2D eigenvalue weighted by Crippen LogP contribution is 2.27. The summed E-state index contributed by atoms with van der Waals surface area (Å²) in [7, 11) is -0.434. The topological polar surface area (TPSA) is 84.7 Å². The van der Waals surface area contributed by atoms with E-state index in [1.807, 2.05) is 0 Å². The minimum atomic E-state index is -3.56. The number of nitrogens with two attached hydrogens (primary N) is 1. The van der Waals surface area contributed by atoms with E-state index in [2.05, 4.69) is 4.72 Å². The van der Waals surface area contributed by atoms with Crippen molar-refractivity contribution in [3.05, 3.63) is 18.2 Å². The summed E-state index contributed by atoms with van der Waals surface area (Å²) in [4.78, 5) is 0. The zero-order chi connectivity index (χ0) is 15.5. The van der Waals surface area contributed by atoms with Gasteiger partial charge in [0.05, 0.1) is 18.5 Å². The monoisotopic (exact) mass is 313 g/mol. The third-order valence-electron chi connectivity index (χ3n) is 3.95. The first-order valence-electron chi connectivity index (χ1n) is 7.13. The Labute approximate surface area is 126 Å². The maximum atomic E-state index is 12.4. The van der Waals surface area contributed by atoms with E-state index in [0.717, 1.165) is 25.7 Å². The number of nitrogens with one attached hydrogen (secondary N) is 1. The molecular weight excluding hydrogens is 290 g/mol. The molecule has 0 unspecified atom stereocenters. The molecular formula is C14H23N3O3S. The minimum absolute atomic E-state index is 0.0759. The van der Waals surface area contributed by atoms with E-state index in [9.17, 15) is 8.42 Å². The summed E-state index contributed by atoms with van der Waals surface area (Å²) in [5.74, 6) is 0.454. The summed E-state index contributed by atoms with van der Waals surface area (Å²) in [6, 6.07) is 4.91. The van der Waals surface area contributed by atoms with Crippen LogP contribution in [0.5, 0.6) is 5.75 Å². The number of anilines is 2. The lowest BCUT2D eigenvalue weighted by Crippen LogP contribution is -2.41. The molecule has 0 atom stereocenters. The Balaban J connectivity index is 2.12. The molecule has 1 aromatic rings. The fourth-order valence-corrected chi connectivity index (χ4v) is 3.81. The van der Waals surface area contributed by atoms with E-state index in [1.165, 1.54) is 17.8 Å². The summed E-state index contributed by atoms with van der Waals surface area (Å²) in [6.45, 7) is 0. The second-order valence-corrected chi connectivity index (χ2v) is 7.10. The van der Waals surface area contributed by atoms with Gasteiger partial charge in [-0.15, -0.1) is 0 Å². The van der Waals surface area contributed by atoms with Crippen LogP contribution >= 0.6 is 0 Å². The second-order valence-electron chi connectivity index (χ2n) is 5.37. The van der Waals surface area contributed by atoms with Crippen molar-refractivity contribution in [2.24, 2.45) is 0 Å². The van der Waals surface area contributed by atoms with Gasteiger partial charge in [0.1, 0.15) is 5.75 Å². The van der Waals surface area contributed by atoms with E-state index in [-0.39, 0.29) is 6.04 Å². The number of hydrogen-bond donors (Lipinski definition) is 2. The Morgan fingerprint density at radius 3 is 2.57 bits per heavy atom. The van der Waals surface area contributed by atoms with Crippen molar-refractivity contribution < 1.29 is 13.2 Å². The third-order valence-corrected chi connectivity index (χ3v) is 5.50. The first-order chi connectivity index (χ1) is 9.94. The fourth-order valence-electron chi connectivity index (χ4n) is 2.64. The number of nitrogens with zero attached hydrogens (tertiary/aromatic N) is 1. The molecule has 3 N–H and O–H groups in total. The van der Waals surface area contributed by atoms with Gasteiger partial charge >= 0.3 is 10.2 Å². The molecule has 0 saturated heterocycles. The molecule has 0 amide bonds. The van der Waals surface area contributed by atoms with Crippen LogP contribution in [0.1, 0.15) is 32.1 Å². The Hall–Kier alpha value is -1.47. The molecule has 0 radical (unpaired) electrons. The lowest BCUT2D eigenvalue weighted by Gasteiger charge is -2.30. The molecule has 0 spiro atoms. The molecule has 0 aliphatic heterocycles. The summed E-state index contributed by atoms with van der Waals surface area (Å²) >= 11 is 0. The SMILES string of the molecule is COc1cc(NS(=O)(=O)N(C)C2CCCCC2)ccc1N. The largest absolute Gasteiger partial charge is 0.495 e. The Bertz CT molecular complexity index is 583. The molecule has 1 saturated carbocycles. The lowest BCUT2D eigenvalue weighted by molar-refractivity contribution is 0.287. The minimum Gasteiger partial charge on any atom is -0.495 e. The van der Waals surface area contributed by atoms with Gasteiger partial charge in [-0.05, 0) is 25.0 Å². The molecule has 7 heteroatoms. The molecule has 1 aliphatic rings. The molecule has 21 heavy (non-hydrogen) atoms. The van der Waals surface area contributed by atoms with Gasteiger partial charge in [0.25, 0.3) is 0 Å². The molecule has 0 aromatic heterocycles. The van der Waals surface area contributed by atoms with Gasteiger partial charge in [-0.3, -0.25) is 4.72 Å². The zero-order valence-corrected chi connectivity index (χ0v) is 13.3. The van der Waals surface area contributed by atoms with Crippen LogP contribution in [-0.4, -0.2) is 32.9 Å². The number of methoxy groups -OCH3 is 1. The van der Waals surface area contributed by atoms with Crippen molar-refractivity contribution in [1.29, 1.82) is 0 Å². The molecule has 6 nitrogen and oxygen atoms in total. The van der Waals surface area contributed by atoms with Crippen molar-refractivity contribution in [2.45, 2.75) is 38.1 Å². The number of hydrogen-bond acceptors (Lipinski definition) is 4. The Morgan fingerprint density at radius 1 is 1.29 bits per heavy atom. The summed E-state index contributed by atoms with van der Waals surface area (Å²) in [5.41, 5.74) is 6.65. The van der Waals surface area contributed by atoms with Crippen LogP contribution in [0.3, 0.4) is 0 Å². The molecule has 2 rings (SSSR count). The summed E-state index contributed by atoms with van der Waals surface area (Å²) in [6.07, 6.45) is 5.19. The van der Waals surface area contributed by atoms with E-state index in [4.69, 9.17) is 10.5 Å². The molecule has 1 aliphatic carbocycles. The average molecular weight is 313 g/mol. The van der Waals surface area contributed by atoms with Gasteiger partial charge in [-0.1, -0.05) is 19.3 Å². The van der Waals surface area contributed by atoms with Crippen molar-refractivity contribution in [1.82, 2.24) is 4.31 Å². The zero-order valence-electron chi connectivity index (χ0n) is 12.5. The van der Waals surface area contributed by atoms with E-state index < -0.39 is 10.2 Å². The van der Waals surface area contributed by atoms with Gasteiger partial charge in [0.15, 0.2) is 0 Å². The van der Waals surface area contributed by atoms with Crippen molar-refractivity contribution >= 4 is 21.6 Å². The van der Waals surface area contributed by atoms with Gasteiger partial charge in [0.2, 0.25) is 0 Å². The van der Waals surface area contributed by atoms with Crippen LogP contribution in [0.15, 0.2) is 18.2 Å². The van der Waals surface area contributed by atoms with Gasteiger partial charge < -0.3 is 10.5 Å². The standard InChI is InChI=1S/C14H23N3O3S/c1-17(12-6-4-3-5-7-12)21(18,19)16-11-8-9-13(15)14(10-11)20-2/h8-10,12,16H,3-7,15H2,1-2H3. The molecule has 1 fully saturated rings. The van der Waals surface area contributed by atoms with Crippen LogP contribution < -0.4 is 15.2 Å². The van der Waals surface area contributed by atoms with Crippen LogP contribution in [0, 0.1) is 0 Å². The van der Waals surface area contributed by atoms with Crippen LogP contribution in [0.4, 0.5) is 11.4 Å². The molecule has 1 aromatic carbocycles. The van der Waals surface area contributed by atoms with E-state index in [1.54, 1.807) is 25.2 Å².